The van der Waals surface area contributed by atoms with E-state index in [9.17, 15) is 0 Å². The molecule has 0 saturated carbocycles. The number of ether oxygens (including phenoxy) is 1. The summed E-state index contributed by atoms with van der Waals surface area (Å²) in [6.45, 7) is 2.95. The second-order valence-electron chi connectivity index (χ2n) is 7.25. The number of likely N-dealkylation sites (tertiary alicyclic amines) is 1. The Morgan fingerprint density at radius 1 is 1.14 bits per heavy atom. The van der Waals surface area contributed by atoms with E-state index in [1.807, 2.05) is 24.3 Å². The number of nitrogens with zero attached hydrogens (tertiary/aromatic N) is 2. The van der Waals surface area contributed by atoms with Crippen LogP contribution in [0.25, 0.3) is 10.8 Å². The number of fused-ring (bicyclic) bond motifs is 1. The number of aromatic nitrogens is 1. The highest BCUT2D eigenvalue weighted by Gasteiger charge is 2.17. The minimum atomic E-state index is 0. The van der Waals surface area contributed by atoms with Gasteiger partial charge in [-0.1, -0.05) is 25.6 Å². The van der Waals surface area contributed by atoms with Gasteiger partial charge >= 0.3 is 0 Å². The molecule has 4 rings (SSSR count). The first-order valence-electron chi connectivity index (χ1n) is 9.49. The fraction of sp³-hybridized carbons (Fsp3) is 0.348. The minimum Gasteiger partial charge on any atom is -0.490 e. The summed E-state index contributed by atoms with van der Waals surface area (Å²) in [5.74, 6) is 1.51. The second-order valence-corrected chi connectivity index (χ2v) is 7.25. The maximum atomic E-state index is 6.18. The summed E-state index contributed by atoms with van der Waals surface area (Å²) in [5, 5.41) is 5.60. The number of pyridine rings is 1. The largest absolute Gasteiger partial charge is 0.490 e. The van der Waals surface area contributed by atoms with E-state index in [1.54, 1.807) is 6.20 Å². The summed E-state index contributed by atoms with van der Waals surface area (Å²) in [6, 6.07) is 16.5. The maximum Gasteiger partial charge on any atom is 0.131 e. The van der Waals surface area contributed by atoms with Gasteiger partial charge in [0.25, 0.3) is 0 Å². The summed E-state index contributed by atoms with van der Waals surface area (Å²) in [7, 11) is 2.17. The lowest BCUT2D eigenvalue weighted by atomic mass is 10.1. The fourth-order valence-electron chi connectivity index (χ4n) is 3.54. The second kappa shape index (κ2) is 8.93. The first-order valence-corrected chi connectivity index (χ1v) is 9.49. The number of hydrogen-bond acceptors (Lipinski definition) is 5. The van der Waals surface area contributed by atoms with Gasteiger partial charge in [0, 0.05) is 43.0 Å². The predicted molar refractivity (Wildman–Crippen MR) is 118 cm³/mol. The number of nitrogen functional groups attached to an aromatic ring is 1. The lowest BCUT2D eigenvalue weighted by Crippen LogP contribution is -2.35. The summed E-state index contributed by atoms with van der Waals surface area (Å²) >= 11 is 0. The van der Waals surface area contributed by atoms with Gasteiger partial charge in [0.2, 0.25) is 0 Å². The molecule has 0 amide bonds. The molecule has 3 aromatic rings. The molecule has 1 aliphatic heterocycles. The Morgan fingerprint density at radius 3 is 2.79 bits per heavy atom. The molecule has 0 atom stereocenters. The van der Waals surface area contributed by atoms with Crippen LogP contribution < -0.4 is 15.8 Å². The highest BCUT2D eigenvalue weighted by atomic mass is 16.5. The third-order valence-electron chi connectivity index (χ3n) is 5.16. The fourth-order valence-corrected chi connectivity index (χ4v) is 3.54. The summed E-state index contributed by atoms with van der Waals surface area (Å²) in [6.07, 6.45) is 4.24. The molecule has 0 radical (unpaired) electrons. The SMILES string of the molecule is C.CN1CCC(Oc2cccc(NCc3ccc4c(N)nccc4c3)c2)CC1. The van der Waals surface area contributed by atoms with E-state index >= 15 is 0 Å². The molecule has 1 saturated heterocycles. The average Bonchev–Trinajstić information content (AvgIpc) is 2.69. The van der Waals surface area contributed by atoms with Crippen LogP contribution in [0.1, 0.15) is 25.8 Å². The number of nitrogens with two attached hydrogens (primary N) is 1. The number of nitrogens with one attached hydrogen (secondary N) is 1. The van der Waals surface area contributed by atoms with Crippen LogP contribution >= 0.6 is 0 Å². The highest BCUT2D eigenvalue weighted by Crippen LogP contribution is 2.24. The smallest absolute Gasteiger partial charge is 0.131 e. The molecule has 5 heteroatoms. The molecular weight excluding hydrogens is 348 g/mol. The monoisotopic (exact) mass is 378 g/mol. The van der Waals surface area contributed by atoms with Gasteiger partial charge in [-0.05, 0) is 55.1 Å². The Bertz CT molecular complexity index is 919. The Balaban J connectivity index is 0.00000225. The van der Waals surface area contributed by atoms with Crippen molar-refractivity contribution in [3.63, 3.8) is 0 Å². The minimum absolute atomic E-state index is 0. The van der Waals surface area contributed by atoms with E-state index in [0.717, 1.165) is 54.7 Å². The lowest BCUT2D eigenvalue weighted by molar-refractivity contribution is 0.114. The van der Waals surface area contributed by atoms with Crippen LogP contribution in [-0.4, -0.2) is 36.1 Å². The predicted octanol–water partition coefficient (Wildman–Crippen LogP) is 4.54. The van der Waals surface area contributed by atoms with Gasteiger partial charge in [0.15, 0.2) is 0 Å². The lowest BCUT2D eigenvalue weighted by Gasteiger charge is -2.29. The molecule has 28 heavy (non-hydrogen) atoms. The number of hydrogen-bond donors (Lipinski definition) is 2. The average molecular weight is 379 g/mol. The first kappa shape index (κ1) is 20.0. The quantitative estimate of drug-likeness (QED) is 0.682. The Kier molecular flexibility index (Phi) is 6.37. The molecule has 1 aromatic heterocycles. The zero-order valence-electron chi connectivity index (χ0n) is 15.7. The third-order valence-corrected chi connectivity index (χ3v) is 5.16. The van der Waals surface area contributed by atoms with Crippen LogP contribution in [0.4, 0.5) is 11.5 Å². The van der Waals surface area contributed by atoms with Crippen molar-refractivity contribution in [1.29, 1.82) is 0 Å². The van der Waals surface area contributed by atoms with Crippen molar-refractivity contribution in [3.8, 4) is 5.75 Å². The van der Waals surface area contributed by atoms with Gasteiger partial charge in [0.05, 0.1) is 0 Å². The van der Waals surface area contributed by atoms with Crippen molar-refractivity contribution in [3.05, 3.63) is 60.3 Å². The van der Waals surface area contributed by atoms with E-state index in [4.69, 9.17) is 10.5 Å². The number of benzene rings is 2. The van der Waals surface area contributed by atoms with Crippen molar-refractivity contribution in [2.45, 2.75) is 32.9 Å². The van der Waals surface area contributed by atoms with Crippen molar-refractivity contribution in [1.82, 2.24) is 9.88 Å². The maximum absolute atomic E-state index is 6.18. The molecule has 148 valence electrons. The molecule has 1 aliphatic rings. The van der Waals surface area contributed by atoms with E-state index in [1.165, 1.54) is 5.56 Å². The number of anilines is 2. The van der Waals surface area contributed by atoms with Crippen LogP contribution in [-0.2, 0) is 6.54 Å². The highest BCUT2D eigenvalue weighted by molar-refractivity contribution is 5.91. The summed E-state index contributed by atoms with van der Waals surface area (Å²) in [5.41, 5.74) is 8.20. The van der Waals surface area contributed by atoms with E-state index in [-0.39, 0.29) is 7.43 Å². The molecular formula is C23H30N4O. The zero-order valence-corrected chi connectivity index (χ0v) is 15.7. The molecule has 0 unspecified atom stereocenters. The van der Waals surface area contributed by atoms with E-state index in [2.05, 4.69) is 46.5 Å². The Morgan fingerprint density at radius 2 is 1.96 bits per heavy atom. The van der Waals surface area contributed by atoms with E-state index in [0.29, 0.717) is 11.9 Å². The molecule has 2 heterocycles. The molecule has 1 fully saturated rings. The van der Waals surface area contributed by atoms with Gasteiger partial charge in [0.1, 0.15) is 17.7 Å². The van der Waals surface area contributed by atoms with Crippen LogP contribution in [0.2, 0.25) is 0 Å². The van der Waals surface area contributed by atoms with Gasteiger partial charge in [-0.25, -0.2) is 4.98 Å². The van der Waals surface area contributed by atoms with Gasteiger partial charge in [-0.15, -0.1) is 0 Å². The molecule has 5 nitrogen and oxygen atoms in total. The van der Waals surface area contributed by atoms with Crippen LogP contribution in [0.3, 0.4) is 0 Å². The molecule has 2 aromatic carbocycles. The zero-order chi connectivity index (χ0) is 18.6. The van der Waals surface area contributed by atoms with Crippen LogP contribution in [0.15, 0.2) is 54.7 Å². The number of piperidine rings is 1. The Labute approximate surface area is 167 Å². The van der Waals surface area contributed by atoms with Crippen LogP contribution in [0, 0.1) is 0 Å². The molecule has 0 bridgehead atoms. The standard InChI is InChI=1S/C22H26N4O.CH4/c1-26-11-8-19(9-12-26)27-20-4-2-3-18(14-20)25-15-16-5-6-21-17(13-16)7-10-24-22(21)23;/h2-7,10,13-14,19,25H,8-9,11-12,15H2,1H3,(H2,23,24);1H4. The van der Waals surface area contributed by atoms with Gasteiger partial charge in [-0.3, -0.25) is 0 Å². The summed E-state index contributed by atoms with van der Waals surface area (Å²) in [4.78, 5) is 6.49. The Hall–Kier alpha value is -2.79. The van der Waals surface area contributed by atoms with Gasteiger partial charge in [-0.2, -0.15) is 0 Å². The first-order chi connectivity index (χ1) is 13.2. The third kappa shape index (κ3) is 4.73. The summed E-state index contributed by atoms with van der Waals surface area (Å²) < 4.78 is 6.18. The number of rotatable bonds is 5. The van der Waals surface area contributed by atoms with Crippen molar-refractivity contribution in [2.24, 2.45) is 0 Å². The van der Waals surface area contributed by atoms with Crippen molar-refractivity contribution >= 4 is 22.3 Å². The van der Waals surface area contributed by atoms with Crippen LogP contribution in [0.5, 0.6) is 5.75 Å². The van der Waals surface area contributed by atoms with Crippen molar-refractivity contribution < 1.29 is 4.74 Å². The topological polar surface area (TPSA) is 63.4 Å². The van der Waals surface area contributed by atoms with Gasteiger partial charge < -0.3 is 20.7 Å². The molecule has 3 N–H and O–H groups in total. The van der Waals surface area contributed by atoms with E-state index < -0.39 is 0 Å². The van der Waals surface area contributed by atoms with Crippen molar-refractivity contribution in [2.75, 3.05) is 31.2 Å². The normalized spacial score (nSPS) is 15.2. The molecule has 0 aliphatic carbocycles. The molecule has 0 spiro atoms.